The molecular weight excluding hydrogens is 159 g/mol. The minimum absolute atomic E-state index is 0.192. The Balaban J connectivity index is 2.61. The molecule has 5 heteroatoms. The molecule has 1 heterocycles. The number of halogens is 3. The van der Waals surface area contributed by atoms with E-state index < -0.39 is 18.0 Å². The lowest BCUT2D eigenvalue weighted by Gasteiger charge is -2.13. The summed E-state index contributed by atoms with van der Waals surface area (Å²) >= 11 is 0. The van der Waals surface area contributed by atoms with Crippen molar-refractivity contribution in [3.05, 3.63) is 0 Å². The molecule has 1 amide bonds. The molecule has 0 aliphatic carbocycles. The maximum absolute atomic E-state index is 11.9. The van der Waals surface area contributed by atoms with Gasteiger partial charge in [-0.05, 0) is 0 Å². The number of hydrogen-bond donors (Lipinski definition) is 0. The Morgan fingerprint density at radius 1 is 1.55 bits per heavy atom. The minimum atomic E-state index is -4.22. The number of carbonyl (C=O) groups is 1. The quantitative estimate of drug-likeness (QED) is 0.527. The molecule has 2 nitrogen and oxygen atoms in total. The normalized spacial score (nSPS) is 26.4. The molecule has 0 aromatic rings. The van der Waals surface area contributed by atoms with Crippen LogP contribution in [0.5, 0.6) is 0 Å². The van der Waals surface area contributed by atoms with Crippen molar-refractivity contribution in [1.29, 1.82) is 0 Å². The van der Waals surface area contributed by atoms with Crippen LogP contribution in [0.15, 0.2) is 0 Å². The number of alkyl halides is 3. The van der Waals surface area contributed by atoms with Gasteiger partial charge in [-0.25, -0.2) is 0 Å². The number of hydrogen-bond acceptors (Lipinski definition) is 1. The first-order valence-electron chi connectivity index (χ1n) is 3.22. The van der Waals surface area contributed by atoms with Gasteiger partial charge in [0.15, 0.2) is 0 Å². The van der Waals surface area contributed by atoms with Crippen LogP contribution in [0.25, 0.3) is 0 Å². The minimum Gasteiger partial charge on any atom is -0.345 e. The average Bonchev–Trinajstić information content (AvgIpc) is 2.11. The van der Waals surface area contributed by atoms with Crippen LogP contribution in [0.2, 0.25) is 0 Å². The van der Waals surface area contributed by atoms with E-state index in [1.165, 1.54) is 7.05 Å². The van der Waals surface area contributed by atoms with Crippen molar-refractivity contribution >= 4 is 5.91 Å². The van der Waals surface area contributed by atoms with Gasteiger partial charge < -0.3 is 4.90 Å². The van der Waals surface area contributed by atoms with E-state index in [0.29, 0.717) is 0 Å². The summed E-state index contributed by atoms with van der Waals surface area (Å²) in [4.78, 5) is 11.8. The Kier molecular flexibility index (Phi) is 1.82. The maximum atomic E-state index is 11.9. The first-order chi connectivity index (χ1) is 4.91. The van der Waals surface area contributed by atoms with E-state index in [0.717, 1.165) is 4.90 Å². The summed E-state index contributed by atoms with van der Waals surface area (Å²) in [6.45, 7) is -0.192. The van der Waals surface area contributed by atoms with Gasteiger partial charge in [0.25, 0.3) is 0 Å². The lowest BCUT2D eigenvalue weighted by Crippen LogP contribution is -2.25. The first-order valence-corrected chi connectivity index (χ1v) is 3.22. The highest BCUT2D eigenvalue weighted by Crippen LogP contribution is 2.33. The third-order valence-corrected chi connectivity index (χ3v) is 1.80. The summed E-state index contributed by atoms with van der Waals surface area (Å²) in [7, 11) is 1.38. The summed E-state index contributed by atoms with van der Waals surface area (Å²) in [5.74, 6) is -1.88. The smallest absolute Gasteiger partial charge is 0.345 e. The molecule has 1 unspecified atom stereocenters. The second kappa shape index (κ2) is 2.39. The zero-order chi connectivity index (χ0) is 8.65. The molecule has 1 aliphatic rings. The molecule has 11 heavy (non-hydrogen) atoms. The number of nitrogens with zero attached hydrogens (tertiary/aromatic N) is 1. The molecule has 0 saturated carbocycles. The summed E-state index contributed by atoms with van der Waals surface area (Å²) in [6, 6.07) is 0. The molecule has 0 N–H and O–H groups in total. The van der Waals surface area contributed by atoms with Gasteiger partial charge in [-0.15, -0.1) is 0 Å². The summed E-state index contributed by atoms with van der Waals surface area (Å²) in [6.07, 6.45) is -4.61. The molecule has 1 saturated heterocycles. The number of amides is 1. The van der Waals surface area contributed by atoms with Crippen molar-refractivity contribution < 1.29 is 18.0 Å². The number of likely N-dealkylation sites (tertiary alicyclic amines) is 1. The van der Waals surface area contributed by atoms with E-state index >= 15 is 0 Å². The van der Waals surface area contributed by atoms with Gasteiger partial charge in [0.2, 0.25) is 5.91 Å². The van der Waals surface area contributed by atoms with Crippen molar-refractivity contribution in [3.8, 4) is 0 Å². The fourth-order valence-corrected chi connectivity index (χ4v) is 1.08. The second-order valence-electron chi connectivity index (χ2n) is 2.72. The molecule has 0 radical (unpaired) electrons. The molecular formula is C6H8F3NO. The predicted octanol–water partition coefficient (Wildman–Crippen LogP) is 1.03. The predicted molar refractivity (Wildman–Crippen MR) is 31.8 cm³/mol. The van der Waals surface area contributed by atoms with Gasteiger partial charge in [-0.2, -0.15) is 13.2 Å². The Hall–Kier alpha value is -0.740. The third kappa shape index (κ3) is 1.64. The monoisotopic (exact) mass is 167 g/mol. The maximum Gasteiger partial charge on any atom is 0.394 e. The fraction of sp³-hybridized carbons (Fsp3) is 0.833. The Bertz CT molecular complexity index is 177. The zero-order valence-corrected chi connectivity index (χ0v) is 5.98. The third-order valence-electron chi connectivity index (χ3n) is 1.80. The molecule has 0 aromatic heterocycles. The first kappa shape index (κ1) is 8.36. The molecule has 0 bridgehead atoms. The van der Waals surface area contributed by atoms with Crippen LogP contribution in [-0.4, -0.2) is 30.6 Å². The molecule has 1 aliphatic heterocycles. The van der Waals surface area contributed by atoms with Gasteiger partial charge in [-0.1, -0.05) is 0 Å². The molecule has 1 atom stereocenters. The van der Waals surface area contributed by atoms with Crippen molar-refractivity contribution in [3.63, 3.8) is 0 Å². The molecule has 1 fully saturated rings. The van der Waals surface area contributed by atoms with Crippen LogP contribution in [-0.2, 0) is 4.79 Å². The van der Waals surface area contributed by atoms with E-state index in [9.17, 15) is 18.0 Å². The van der Waals surface area contributed by atoms with Crippen molar-refractivity contribution in [1.82, 2.24) is 4.90 Å². The standard InChI is InChI=1S/C6H8F3NO/c1-10-3-4(2-5(10)11)6(7,8)9/h4H,2-3H2,1H3. The van der Waals surface area contributed by atoms with E-state index in [1.54, 1.807) is 0 Å². The van der Waals surface area contributed by atoms with Gasteiger partial charge in [0, 0.05) is 20.0 Å². The van der Waals surface area contributed by atoms with E-state index in [1.807, 2.05) is 0 Å². The highest BCUT2D eigenvalue weighted by atomic mass is 19.4. The second-order valence-corrected chi connectivity index (χ2v) is 2.72. The zero-order valence-electron chi connectivity index (χ0n) is 5.98. The van der Waals surface area contributed by atoms with Gasteiger partial charge in [0.05, 0.1) is 5.92 Å². The van der Waals surface area contributed by atoms with Crippen LogP contribution in [0.4, 0.5) is 13.2 Å². The average molecular weight is 167 g/mol. The largest absolute Gasteiger partial charge is 0.394 e. The van der Waals surface area contributed by atoms with E-state index in [-0.39, 0.29) is 13.0 Å². The van der Waals surface area contributed by atoms with Crippen molar-refractivity contribution in [2.24, 2.45) is 5.92 Å². The van der Waals surface area contributed by atoms with Crippen LogP contribution >= 0.6 is 0 Å². The molecule has 64 valence electrons. The Morgan fingerprint density at radius 2 is 2.09 bits per heavy atom. The Labute approximate surface area is 62.0 Å². The lowest BCUT2D eigenvalue weighted by molar-refractivity contribution is -0.170. The molecule has 0 spiro atoms. The Morgan fingerprint density at radius 3 is 2.27 bits per heavy atom. The SMILES string of the molecule is CN1CC(C(F)(F)F)CC1=O. The van der Waals surface area contributed by atoms with Gasteiger partial charge in [0.1, 0.15) is 0 Å². The molecule has 0 aromatic carbocycles. The lowest BCUT2D eigenvalue weighted by atomic mass is 10.1. The van der Waals surface area contributed by atoms with E-state index in [2.05, 4.69) is 0 Å². The van der Waals surface area contributed by atoms with Gasteiger partial charge >= 0.3 is 6.18 Å². The van der Waals surface area contributed by atoms with Crippen LogP contribution in [0, 0.1) is 5.92 Å². The number of carbonyl (C=O) groups excluding carboxylic acids is 1. The molecule has 1 rings (SSSR count). The van der Waals surface area contributed by atoms with E-state index in [4.69, 9.17) is 0 Å². The van der Waals surface area contributed by atoms with Crippen molar-refractivity contribution in [2.45, 2.75) is 12.6 Å². The van der Waals surface area contributed by atoms with Gasteiger partial charge in [-0.3, -0.25) is 4.79 Å². The van der Waals surface area contributed by atoms with Crippen molar-refractivity contribution in [2.75, 3.05) is 13.6 Å². The summed E-state index contributed by atoms with van der Waals surface area (Å²) in [5.41, 5.74) is 0. The highest BCUT2D eigenvalue weighted by Gasteiger charge is 2.45. The number of rotatable bonds is 0. The van der Waals surface area contributed by atoms with Crippen LogP contribution < -0.4 is 0 Å². The summed E-state index contributed by atoms with van der Waals surface area (Å²) < 4.78 is 35.8. The fourth-order valence-electron chi connectivity index (χ4n) is 1.08. The summed E-state index contributed by atoms with van der Waals surface area (Å²) in [5, 5.41) is 0. The van der Waals surface area contributed by atoms with Crippen LogP contribution in [0.3, 0.4) is 0 Å². The topological polar surface area (TPSA) is 20.3 Å². The highest BCUT2D eigenvalue weighted by molar-refractivity contribution is 5.78. The van der Waals surface area contributed by atoms with Crippen LogP contribution in [0.1, 0.15) is 6.42 Å².